The van der Waals surface area contributed by atoms with Crippen molar-refractivity contribution >= 4 is 29.5 Å². The van der Waals surface area contributed by atoms with Gasteiger partial charge in [0, 0.05) is 52.2 Å². The molecule has 2 N–H and O–H groups in total. The Hall–Kier alpha value is -3.08. The molecule has 10 nitrogen and oxygen atoms in total. The summed E-state index contributed by atoms with van der Waals surface area (Å²) in [5, 5.41) is 11.8. The molecule has 3 heterocycles. The molecule has 1 aromatic carbocycles. The third-order valence-electron chi connectivity index (χ3n) is 6.30. The number of amides is 3. The Morgan fingerprint density at radius 2 is 1.94 bits per heavy atom. The summed E-state index contributed by atoms with van der Waals surface area (Å²) in [7, 11) is 0. The van der Waals surface area contributed by atoms with Crippen LogP contribution >= 0.6 is 0 Å². The van der Waals surface area contributed by atoms with Crippen molar-refractivity contribution in [3.05, 3.63) is 24.0 Å². The Balaban J connectivity index is 1.34. The zero-order valence-electron chi connectivity index (χ0n) is 18.0. The van der Waals surface area contributed by atoms with Crippen LogP contribution in [0.2, 0.25) is 0 Å². The van der Waals surface area contributed by atoms with E-state index in [9.17, 15) is 18.8 Å². The van der Waals surface area contributed by atoms with Gasteiger partial charge in [0.25, 0.3) is 0 Å². The van der Waals surface area contributed by atoms with E-state index in [-0.39, 0.29) is 25.0 Å². The van der Waals surface area contributed by atoms with E-state index in [0.717, 1.165) is 19.5 Å². The first-order chi connectivity index (χ1) is 15.3. The molecule has 3 saturated heterocycles. The van der Waals surface area contributed by atoms with Crippen LogP contribution in [0.1, 0.15) is 13.3 Å². The Labute approximate surface area is 185 Å². The summed E-state index contributed by atoms with van der Waals surface area (Å²) in [4.78, 5) is 41.4. The number of hydrogen-bond donors (Lipinski definition) is 2. The molecule has 32 heavy (non-hydrogen) atoms. The van der Waals surface area contributed by atoms with Gasteiger partial charge in [-0.15, -0.1) is 0 Å². The molecule has 3 aliphatic heterocycles. The quantitative estimate of drug-likeness (QED) is 0.695. The number of rotatable bonds is 5. The normalized spacial score (nSPS) is 24.1. The number of piperazine rings is 1. The number of likely N-dealkylation sites (tertiary alicyclic amines) is 1. The maximum absolute atomic E-state index is 14.9. The van der Waals surface area contributed by atoms with Gasteiger partial charge in [0.15, 0.2) is 0 Å². The molecule has 3 amide bonds. The van der Waals surface area contributed by atoms with Gasteiger partial charge in [-0.05, 0) is 24.6 Å². The lowest BCUT2D eigenvalue weighted by Crippen LogP contribution is -2.51. The Morgan fingerprint density at radius 3 is 2.56 bits per heavy atom. The topological polar surface area (TPSA) is 106 Å². The van der Waals surface area contributed by atoms with Crippen molar-refractivity contribution in [3.8, 4) is 0 Å². The van der Waals surface area contributed by atoms with Gasteiger partial charge in [0.1, 0.15) is 11.9 Å². The molecule has 0 saturated carbocycles. The number of carboxylic acid groups (broad SMARTS) is 1. The fraction of sp³-hybridized carbons (Fsp3) is 0.571. The van der Waals surface area contributed by atoms with Gasteiger partial charge in [-0.1, -0.05) is 0 Å². The van der Waals surface area contributed by atoms with Crippen LogP contribution in [0.3, 0.4) is 0 Å². The van der Waals surface area contributed by atoms with Crippen LogP contribution in [-0.2, 0) is 9.53 Å². The highest BCUT2D eigenvalue weighted by atomic mass is 19.1. The number of carbonyl (C=O) groups is 3. The van der Waals surface area contributed by atoms with Gasteiger partial charge >= 0.3 is 12.2 Å². The van der Waals surface area contributed by atoms with Gasteiger partial charge in [0.2, 0.25) is 5.91 Å². The van der Waals surface area contributed by atoms with Crippen LogP contribution in [0.5, 0.6) is 0 Å². The second kappa shape index (κ2) is 9.19. The molecule has 4 rings (SSSR count). The minimum atomic E-state index is -0.878. The highest BCUT2D eigenvalue weighted by Crippen LogP contribution is 2.29. The number of hydrogen-bond acceptors (Lipinski definition) is 6. The average Bonchev–Trinajstić information content (AvgIpc) is 3.39. The monoisotopic (exact) mass is 449 g/mol. The lowest BCUT2D eigenvalue weighted by atomic mass is 10.1. The van der Waals surface area contributed by atoms with Crippen LogP contribution in [-0.4, -0.2) is 97.5 Å². The van der Waals surface area contributed by atoms with Gasteiger partial charge < -0.3 is 25.0 Å². The number of nitrogens with zero attached hydrogens (tertiary/aromatic N) is 4. The fourth-order valence-electron chi connectivity index (χ4n) is 4.56. The molecule has 11 heteroatoms. The van der Waals surface area contributed by atoms with E-state index < -0.39 is 24.1 Å². The first-order valence-electron chi connectivity index (χ1n) is 10.8. The molecule has 0 aliphatic carbocycles. The van der Waals surface area contributed by atoms with Crippen molar-refractivity contribution in [1.82, 2.24) is 15.1 Å². The number of cyclic esters (lactones) is 1. The van der Waals surface area contributed by atoms with E-state index >= 15 is 0 Å². The van der Waals surface area contributed by atoms with Crippen molar-refractivity contribution in [1.29, 1.82) is 0 Å². The third kappa shape index (κ3) is 4.72. The van der Waals surface area contributed by atoms with Crippen LogP contribution < -0.4 is 15.1 Å². The third-order valence-corrected chi connectivity index (χ3v) is 6.30. The van der Waals surface area contributed by atoms with Crippen molar-refractivity contribution in [3.63, 3.8) is 0 Å². The number of carbonyl (C=O) groups excluding carboxylic acids is 2. The first-order valence-corrected chi connectivity index (χ1v) is 10.8. The number of nitrogens with one attached hydrogen (secondary N) is 1. The zero-order chi connectivity index (χ0) is 22.8. The summed E-state index contributed by atoms with van der Waals surface area (Å²) in [5.41, 5.74) is 0.897. The maximum Gasteiger partial charge on any atom is 0.414 e. The van der Waals surface area contributed by atoms with Crippen LogP contribution in [0, 0.1) is 5.82 Å². The molecule has 3 fully saturated rings. The highest BCUT2D eigenvalue weighted by Gasteiger charge is 2.34. The van der Waals surface area contributed by atoms with E-state index in [1.54, 1.807) is 12.1 Å². The van der Waals surface area contributed by atoms with E-state index in [4.69, 9.17) is 9.84 Å². The second-order valence-electron chi connectivity index (χ2n) is 8.38. The van der Waals surface area contributed by atoms with E-state index in [2.05, 4.69) is 10.2 Å². The van der Waals surface area contributed by atoms with Crippen molar-refractivity contribution in [2.24, 2.45) is 0 Å². The highest BCUT2D eigenvalue weighted by molar-refractivity contribution is 5.90. The number of benzene rings is 1. The Morgan fingerprint density at radius 1 is 1.19 bits per heavy atom. The molecule has 0 unspecified atom stereocenters. The Kier molecular flexibility index (Phi) is 6.35. The molecule has 0 aromatic heterocycles. The average molecular weight is 449 g/mol. The van der Waals surface area contributed by atoms with Crippen LogP contribution in [0.25, 0.3) is 0 Å². The number of anilines is 2. The second-order valence-corrected chi connectivity index (χ2v) is 8.38. The summed E-state index contributed by atoms with van der Waals surface area (Å²) in [5.74, 6) is -0.617. The molecule has 1 aromatic rings. The number of ether oxygens (including phenoxy) is 1. The lowest BCUT2D eigenvalue weighted by molar-refractivity contribution is -0.119. The van der Waals surface area contributed by atoms with Gasteiger partial charge in [-0.2, -0.15) is 0 Å². The van der Waals surface area contributed by atoms with Gasteiger partial charge in [0.05, 0.1) is 24.5 Å². The summed E-state index contributed by atoms with van der Waals surface area (Å²) < 4.78 is 20.2. The molecule has 2 atom stereocenters. The number of halogens is 1. The Bertz CT molecular complexity index is 891. The predicted octanol–water partition coefficient (Wildman–Crippen LogP) is 1.16. The minimum absolute atomic E-state index is 0.206. The summed E-state index contributed by atoms with van der Waals surface area (Å²) in [6.07, 6.45) is -1.09. The van der Waals surface area contributed by atoms with Crippen LogP contribution in [0.15, 0.2) is 18.2 Å². The summed E-state index contributed by atoms with van der Waals surface area (Å²) >= 11 is 0. The van der Waals surface area contributed by atoms with Crippen molar-refractivity contribution < 1.29 is 28.6 Å². The fourth-order valence-corrected chi connectivity index (χ4v) is 4.56. The van der Waals surface area contributed by atoms with Gasteiger partial charge in [-0.25, -0.2) is 14.0 Å². The smallest absolute Gasteiger partial charge is 0.414 e. The molecular formula is C21H28FN5O5. The molecule has 0 bridgehead atoms. The largest absolute Gasteiger partial charge is 0.465 e. The minimum Gasteiger partial charge on any atom is -0.465 e. The van der Waals surface area contributed by atoms with Gasteiger partial charge in [-0.3, -0.25) is 14.6 Å². The van der Waals surface area contributed by atoms with Crippen LogP contribution in [0.4, 0.5) is 25.4 Å². The SMILES string of the molecule is CC(=O)NC[C@H]1CN(c2ccc(N3CCN([C@@H]4CCN(C(=O)O)C4)CC3)c(F)c2)C(=O)O1. The van der Waals surface area contributed by atoms with E-state index in [1.807, 2.05) is 4.90 Å². The molecule has 0 radical (unpaired) electrons. The molecule has 0 spiro atoms. The van der Waals surface area contributed by atoms with Crippen molar-refractivity contribution in [2.75, 3.05) is 62.2 Å². The molecule has 3 aliphatic rings. The van der Waals surface area contributed by atoms with E-state index in [1.165, 1.54) is 22.8 Å². The summed E-state index contributed by atoms with van der Waals surface area (Å²) in [6.45, 7) is 5.69. The predicted molar refractivity (Wildman–Crippen MR) is 114 cm³/mol. The van der Waals surface area contributed by atoms with E-state index in [0.29, 0.717) is 37.6 Å². The lowest BCUT2D eigenvalue weighted by Gasteiger charge is -2.39. The zero-order valence-corrected chi connectivity index (χ0v) is 18.0. The molecule has 174 valence electrons. The van der Waals surface area contributed by atoms with Crippen molar-refractivity contribution in [2.45, 2.75) is 25.5 Å². The maximum atomic E-state index is 14.9. The first kappa shape index (κ1) is 22.1. The summed E-state index contributed by atoms with van der Waals surface area (Å²) in [6, 6.07) is 4.93. The molecular weight excluding hydrogens is 421 g/mol. The standard InChI is InChI=1S/C21H28FN5O5/c1-14(28)23-11-17-13-27(21(31)32-17)15-2-3-19(18(22)10-15)25-8-6-24(7-9-25)16-4-5-26(12-16)20(29)30/h2-3,10,16-17H,4-9,11-13H2,1H3,(H,23,28)(H,29,30)/t16-,17+/m1/s1.